The summed E-state index contributed by atoms with van der Waals surface area (Å²) >= 11 is 3.29. The molecule has 2 aromatic rings. The molecule has 84 valence electrons. The van der Waals surface area contributed by atoms with Crippen LogP contribution in [-0.2, 0) is 6.54 Å². The van der Waals surface area contributed by atoms with Gasteiger partial charge in [-0.15, -0.1) is 0 Å². The van der Waals surface area contributed by atoms with Gasteiger partial charge in [-0.25, -0.2) is 0 Å². The Balaban J connectivity index is 1.91. The van der Waals surface area contributed by atoms with Crippen LogP contribution in [0, 0.1) is 0 Å². The van der Waals surface area contributed by atoms with E-state index in [1.165, 1.54) is 5.56 Å². The summed E-state index contributed by atoms with van der Waals surface area (Å²) in [6, 6.07) is 8.06. The molecule has 0 fully saturated rings. The highest BCUT2D eigenvalue weighted by atomic mass is 79.9. The van der Waals surface area contributed by atoms with Crippen LogP contribution in [0.1, 0.15) is 24.3 Å². The van der Waals surface area contributed by atoms with Gasteiger partial charge in [0.2, 0.25) is 0 Å². The number of aromatic nitrogens is 1. The molecule has 4 heteroatoms. The van der Waals surface area contributed by atoms with Crippen LogP contribution in [0.2, 0.25) is 0 Å². The molecule has 3 nitrogen and oxygen atoms in total. The van der Waals surface area contributed by atoms with Gasteiger partial charge in [0.05, 0.1) is 6.04 Å². The highest BCUT2D eigenvalue weighted by molar-refractivity contribution is 9.10. The molecule has 0 saturated carbocycles. The number of hydrogen-bond donors (Lipinski definition) is 1. The summed E-state index contributed by atoms with van der Waals surface area (Å²) in [6.45, 7) is 2.88. The van der Waals surface area contributed by atoms with E-state index in [1.807, 2.05) is 24.3 Å². The minimum absolute atomic E-state index is 0.194. The Bertz CT molecular complexity index is 441. The van der Waals surface area contributed by atoms with Gasteiger partial charge in [0.15, 0.2) is 4.67 Å². The minimum Gasteiger partial charge on any atom is -0.453 e. The summed E-state index contributed by atoms with van der Waals surface area (Å²) < 4.78 is 6.24. The third kappa shape index (κ3) is 2.93. The summed E-state index contributed by atoms with van der Waals surface area (Å²) in [5.41, 5.74) is 1.22. The van der Waals surface area contributed by atoms with E-state index in [0.29, 0.717) is 0 Å². The molecule has 0 radical (unpaired) electrons. The van der Waals surface area contributed by atoms with Crippen LogP contribution in [0.15, 0.2) is 45.7 Å². The van der Waals surface area contributed by atoms with Crippen molar-refractivity contribution in [2.45, 2.75) is 19.5 Å². The highest BCUT2D eigenvalue weighted by Gasteiger charge is 2.08. The average Bonchev–Trinajstić information content (AvgIpc) is 2.74. The first-order valence-electron chi connectivity index (χ1n) is 5.13. The van der Waals surface area contributed by atoms with Gasteiger partial charge < -0.3 is 9.73 Å². The fourth-order valence-electron chi connectivity index (χ4n) is 1.43. The van der Waals surface area contributed by atoms with Gasteiger partial charge in [-0.1, -0.05) is 0 Å². The Labute approximate surface area is 103 Å². The predicted octanol–water partition coefficient (Wildman–Crippen LogP) is 3.29. The molecular formula is C12H13BrN2O. The van der Waals surface area contributed by atoms with Crippen molar-refractivity contribution in [1.82, 2.24) is 10.3 Å². The first-order valence-corrected chi connectivity index (χ1v) is 5.92. The number of pyridine rings is 1. The van der Waals surface area contributed by atoms with Crippen LogP contribution < -0.4 is 5.32 Å². The third-order valence-corrected chi connectivity index (χ3v) is 2.81. The molecule has 1 N–H and O–H groups in total. The number of nitrogens with one attached hydrogen (secondary N) is 1. The van der Waals surface area contributed by atoms with Crippen molar-refractivity contribution in [2.24, 2.45) is 0 Å². The standard InChI is InChI=1S/C12H13BrN2O/c1-9(11-2-3-12(13)16-11)15-8-10-4-6-14-7-5-10/h2-7,9,15H,8H2,1H3. The van der Waals surface area contributed by atoms with Crippen LogP contribution in [0.3, 0.4) is 0 Å². The minimum atomic E-state index is 0.194. The maximum Gasteiger partial charge on any atom is 0.169 e. The summed E-state index contributed by atoms with van der Waals surface area (Å²) in [7, 11) is 0. The lowest BCUT2D eigenvalue weighted by molar-refractivity contribution is 0.418. The summed E-state index contributed by atoms with van der Waals surface area (Å²) in [6.07, 6.45) is 3.59. The molecule has 0 aliphatic rings. The van der Waals surface area contributed by atoms with Crippen molar-refractivity contribution in [3.63, 3.8) is 0 Å². The quantitative estimate of drug-likeness (QED) is 0.934. The van der Waals surface area contributed by atoms with Gasteiger partial charge in [-0.05, 0) is 52.7 Å². The van der Waals surface area contributed by atoms with Crippen LogP contribution in [0.25, 0.3) is 0 Å². The second-order valence-electron chi connectivity index (χ2n) is 3.60. The lowest BCUT2D eigenvalue weighted by Crippen LogP contribution is -2.17. The fraction of sp³-hybridized carbons (Fsp3) is 0.250. The predicted molar refractivity (Wildman–Crippen MR) is 65.9 cm³/mol. The monoisotopic (exact) mass is 280 g/mol. The molecule has 0 bridgehead atoms. The Morgan fingerprint density at radius 3 is 2.69 bits per heavy atom. The van der Waals surface area contributed by atoms with Crippen molar-refractivity contribution in [3.05, 3.63) is 52.7 Å². The largest absolute Gasteiger partial charge is 0.453 e. The van der Waals surface area contributed by atoms with Crippen molar-refractivity contribution in [1.29, 1.82) is 0 Å². The van der Waals surface area contributed by atoms with Crippen molar-refractivity contribution in [2.75, 3.05) is 0 Å². The van der Waals surface area contributed by atoms with Crippen molar-refractivity contribution >= 4 is 15.9 Å². The molecule has 0 amide bonds. The molecule has 16 heavy (non-hydrogen) atoms. The zero-order valence-corrected chi connectivity index (χ0v) is 10.6. The summed E-state index contributed by atoms with van der Waals surface area (Å²) in [5.74, 6) is 0.931. The van der Waals surface area contributed by atoms with Crippen molar-refractivity contribution in [3.8, 4) is 0 Å². The molecule has 0 spiro atoms. The zero-order valence-electron chi connectivity index (χ0n) is 8.98. The van der Waals surface area contributed by atoms with E-state index in [1.54, 1.807) is 12.4 Å². The van der Waals surface area contributed by atoms with Crippen LogP contribution in [0.4, 0.5) is 0 Å². The fourth-order valence-corrected chi connectivity index (χ4v) is 1.75. The first kappa shape index (κ1) is 11.4. The number of hydrogen-bond acceptors (Lipinski definition) is 3. The number of rotatable bonds is 4. The van der Waals surface area contributed by atoms with E-state index in [2.05, 4.69) is 33.2 Å². The first-order chi connectivity index (χ1) is 7.75. The van der Waals surface area contributed by atoms with E-state index in [-0.39, 0.29) is 6.04 Å². The summed E-state index contributed by atoms with van der Waals surface area (Å²) in [5, 5.41) is 3.39. The highest BCUT2D eigenvalue weighted by Crippen LogP contribution is 2.20. The normalized spacial score (nSPS) is 12.6. The molecule has 0 aromatic carbocycles. The van der Waals surface area contributed by atoms with E-state index in [9.17, 15) is 0 Å². The average molecular weight is 281 g/mol. The molecule has 2 heterocycles. The van der Waals surface area contributed by atoms with Crippen LogP contribution in [-0.4, -0.2) is 4.98 Å². The van der Waals surface area contributed by atoms with Gasteiger partial charge in [0, 0.05) is 18.9 Å². The maximum absolute atomic E-state index is 5.48. The van der Waals surface area contributed by atoms with Gasteiger partial charge in [0.25, 0.3) is 0 Å². The molecular weight excluding hydrogens is 268 g/mol. The SMILES string of the molecule is CC(NCc1ccncc1)c1ccc(Br)o1. The van der Waals surface area contributed by atoms with Gasteiger partial charge >= 0.3 is 0 Å². The Kier molecular flexibility index (Phi) is 3.74. The van der Waals surface area contributed by atoms with Gasteiger partial charge in [-0.2, -0.15) is 0 Å². The molecule has 0 aliphatic carbocycles. The van der Waals surface area contributed by atoms with Gasteiger partial charge in [-0.3, -0.25) is 4.98 Å². The van der Waals surface area contributed by atoms with E-state index in [0.717, 1.165) is 17.0 Å². The zero-order chi connectivity index (χ0) is 11.4. The van der Waals surface area contributed by atoms with E-state index in [4.69, 9.17) is 4.42 Å². The smallest absolute Gasteiger partial charge is 0.169 e. The third-order valence-electron chi connectivity index (χ3n) is 2.38. The Morgan fingerprint density at radius 2 is 2.06 bits per heavy atom. The van der Waals surface area contributed by atoms with Crippen LogP contribution in [0.5, 0.6) is 0 Å². The second-order valence-corrected chi connectivity index (χ2v) is 4.38. The molecule has 0 saturated heterocycles. The lowest BCUT2D eigenvalue weighted by atomic mass is 10.2. The molecule has 1 atom stereocenters. The van der Waals surface area contributed by atoms with Crippen molar-refractivity contribution < 1.29 is 4.42 Å². The Hall–Kier alpha value is -1.13. The molecule has 2 rings (SSSR count). The number of furan rings is 1. The second kappa shape index (κ2) is 5.27. The van der Waals surface area contributed by atoms with E-state index < -0.39 is 0 Å². The number of nitrogens with zero attached hydrogens (tertiary/aromatic N) is 1. The van der Waals surface area contributed by atoms with E-state index >= 15 is 0 Å². The molecule has 0 aliphatic heterocycles. The lowest BCUT2D eigenvalue weighted by Gasteiger charge is -2.10. The molecule has 1 unspecified atom stereocenters. The van der Waals surface area contributed by atoms with Gasteiger partial charge in [0.1, 0.15) is 5.76 Å². The summed E-state index contributed by atoms with van der Waals surface area (Å²) in [4.78, 5) is 3.98. The van der Waals surface area contributed by atoms with Crippen LogP contribution >= 0.6 is 15.9 Å². The topological polar surface area (TPSA) is 38.1 Å². The number of halogens is 1. The molecule has 2 aromatic heterocycles. The maximum atomic E-state index is 5.48. The Morgan fingerprint density at radius 1 is 1.31 bits per heavy atom.